The van der Waals surface area contributed by atoms with E-state index in [0.29, 0.717) is 0 Å². The van der Waals surface area contributed by atoms with Crippen molar-refractivity contribution in [1.29, 1.82) is 0 Å². The van der Waals surface area contributed by atoms with Gasteiger partial charge in [0.1, 0.15) is 5.82 Å². The second-order valence-electron chi connectivity index (χ2n) is 3.21. The van der Waals surface area contributed by atoms with Gasteiger partial charge in [0.05, 0.1) is 6.42 Å². The molecule has 0 aromatic heterocycles. The lowest BCUT2D eigenvalue weighted by atomic mass is 10.1. The van der Waals surface area contributed by atoms with Crippen LogP contribution in [0.4, 0.5) is 0 Å². The van der Waals surface area contributed by atoms with Gasteiger partial charge in [-0.05, 0) is 17.7 Å². The molecule has 2 rings (SSSR count). The fourth-order valence-electron chi connectivity index (χ4n) is 1.53. The number of carboxylic acids is 1. The number of hydrogen-bond acceptors (Lipinski definition) is 2. The highest BCUT2D eigenvalue weighted by atomic mass is 16.4. The van der Waals surface area contributed by atoms with Gasteiger partial charge in [0, 0.05) is 25.0 Å². The van der Waals surface area contributed by atoms with E-state index in [2.05, 4.69) is 4.98 Å². The second kappa shape index (κ2) is 3.14. The van der Waals surface area contributed by atoms with Crippen molar-refractivity contribution < 1.29 is 9.90 Å². The summed E-state index contributed by atoms with van der Waals surface area (Å²) in [4.78, 5) is 14.7. The maximum absolute atomic E-state index is 10.6. The van der Waals surface area contributed by atoms with Crippen LogP contribution in [0.25, 0.3) is 11.4 Å². The van der Waals surface area contributed by atoms with Crippen molar-refractivity contribution in [1.82, 2.24) is 9.55 Å². The molecule has 1 N–H and O–H groups in total. The molecular weight excluding hydrogens is 180 g/mol. The average molecular weight is 190 g/mol. The number of fused-ring (bicyclic) bond motifs is 1. The average Bonchev–Trinajstić information content (AvgIpc) is 2.49. The highest BCUT2D eigenvalue weighted by Gasteiger charge is 2.14. The summed E-state index contributed by atoms with van der Waals surface area (Å²) in [6.45, 7) is 0. The Kier molecular flexibility index (Phi) is 1.96. The SMILES string of the molecule is Cn1cccc2c(CC(=O)O)cnc1-2. The van der Waals surface area contributed by atoms with Crippen molar-refractivity contribution in [2.24, 2.45) is 7.05 Å². The molecule has 72 valence electrons. The van der Waals surface area contributed by atoms with Crippen molar-refractivity contribution in [2.75, 3.05) is 0 Å². The fraction of sp³-hybridized carbons (Fsp3) is 0.200. The number of carboxylic acid groups (broad SMARTS) is 1. The fourth-order valence-corrected chi connectivity index (χ4v) is 1.53. The predicted molar refractivity (Wildman–Crippen MR) is 51.2 cm³/mol. The maximum atomic E-state index is 10.6. The van der Waals surface area contributed by atoms with Crippen molar-refractivity contribution in [3.8, 4) is 11.4 Å². The number of rotatable bonds is 2. The van der Waals surface area contributed by atoms with Crippen LogP contribution < -0.4 is 0 Å². The topological polar surface area (TPSA) is 55.1 Å². The molecule has 0 radical (unpaired) electrons. The third kappa shape index (κ3) is 1.35. The Labute approximate surface area is 81.2 Å². The van der Waals surface area contributed by atoms with Gasteiger partial charge in [0.15, 0.2) is 0 Å². The lowest BCUT2D eigenvalue weighted by Gasteiger charge is -2.05. The molecule has 0 spiro atoms. The number of aliphatic carboxylic acids is 1. The molecule has 0 saturated carbocycles. The van der Waals surface area contributed by atoms with E-state index in [4.69, 9.17) is 5.11 Å². The van der Waals surface area contributed by atoms with E-state index in [1.54, 1.807) is 6.20 Å². The largest absolute Gasteiger partial charge is 0.481 e. The van der Waals surface area contributed by atoms with E-state index in [-0.39, 0.29) is 6.42 Å². The minimum Gasteiger partial charge on any atom is -0.481 e. The van der Waals surface area contributed by atoms with Crippen LogP contribution >= 0.6 is 0 Å². The number of nitrogens with zero attached hydrogens (tertiary/aromatic N) is 2. The molecule has 0 aliphatic carbocycles. The standard InChI is InChI=1S/C10H10N2O2/c1-12-4-2-3-8-7(5-9(13)14)6-11-10(8)12/h2-4,6H,5H2,1H3,(H,13,14). The van der Waals surface area contributed by atoms with Crippen molar-refractivity contribution in [3.05, 3.63) is 30.1 Å². The van der Waals surface area contributed by atoms with Crippen molar-refractivity contribution in [3.63, 3.8) is 0 Å². The quantitative estimate of drug-likeness (QED) is 0.772. The minimum atomic E-state index is -0.828. The van der Waals surface area contributed by atoms with E-state index in [1.807, 2.05) is 29.9 Å². The Balaban J connectivity index is 2.48. The van der Waals surface area contributed by atoms with Gasteiger partial charge in [-0.3, -0.25) is 4.79 Å². The van der Waals surface area contributed by atoms with Crippen LogP contribution in [0.3, 0.4) is 0 Å². The molecule has 2 aliphatic heterocycles. The monoisotopic (exact) mass is 190 g/mol. The maximum Gasteiger partial charge on any atom is 0.307 e. The van der Waals surface area contributed by atoms with E-state index in [0.717, 1.165) is 17.0 Å². The van der Waals surface area contributed by atoms with Gasteiger partial charge in [-0.25, -0.2) is 4.98 Å². The summed E-state index contributed by atoms with van der Waals surface area (Å²) in [5.74, 6) is -0.00504. The zero-order valence-electron chi connectivity index (χ0n) is 7.77. The zero-order chi connectivity index (χ0) is 10.1. The molecule has 4 heteroatoms. The molecule has 0 amide bonds. The first-order valence-corrected chi connectivity index (χ1v) is 4.29. The Bertz CT molecular complexity index is 448. The third-order valence-electron chi connectivity index (χ3n) is 2.18. The molecule has 0 fully saturated rings. The van der Waals surface area contributed by atoms with Gasteiger partial charge in [-0.1, -0.05) is 0 Å². The van der Waals surface area contributed by atoms with Crippen LogP contribution in [0.15, 0.2) is 24.5 Å². The summed E-state index contributed by atoms with van der Waals surface area (Å²) in [5.41, 5.74) is 1.68. The van der Waals surface area contributed by atoms with E-state index < -0.39 is 5.97 Å². The third-order valence-corrected chi connectivity index (χ3v) is 2.18. The van der Waals surface area contributed by atoms with Crippen molar-refractivity contribution in [2.45, 2.75) is 6.42 Å². The van der Waals surface area contributed by atoms with Gasteiger partial charge in [-0.2, -0.15) is 0 Å². The summed E-state index contributed by atoms with van der Waals surface area (Å²) < 4.78 is 1.88. The lowest BCUT2D eigenvalue weighted by Crippen LogP contribution is -2.01. The molecule has 2 heterocycles. The molecule has 4 nitrogen and oxygen atoms in total. The second-order valence-corrected chi connectivity index (χ2v) is 3.21. The summed E-state index contributed by atoms with van der Waals surface area (Å²) in [6.07, 6.45) is 3.54. The minimum absolute atomic E-state index is 0.0283. The smallest absolute Gasteiger partial charge is 0.307 e. The molecule has 0 aromatic rings. The van der Waals surface area contributed by atoms with Gasteiger partial charge >= 0.3 is 5.97 Å². The highest BCUT2D eigenvalue weighted by molar-refractivity contribution is 5.75. The Hall–Kier alpha value is -1.84. The van der Waals surface area contributed by atoms with E-state index >= 15 is 0 Å². The summed E-state index contributed by atoms with van der Waals surface area (Å²) in [7, 11) is 1.89. The van der Waals surface area contributed by atoms with Crippen LogP contribution in [0.2, 0.25) is 0 Å². The summed E-state index contributed by atoms with van der Waals surface area (Å²) in [6, 6.07) is 3.77. The predicted octanol–water partition coefficient (Wildman–Crippen LogP) is 1.15. The van der Waals surface area contributed by atoms with Crippen LogP contribution in [0.1, 0.15) is 5.56 Å². The molecule has 14 heavy (non-hydrogen) atoms. The molecule has 2 aliphatic rings. The Morgan fingerprint density at radius 1 is 1.64 bits per heavy atom. The van der Waals surface area contributed by atoms with Crippen LogP contribution in [0, 0.1) is 0 Å². The summed E-state index contributed by atoms with van der Waals surface area (Å²) in [5, 5.41) is 8.68. The van der Waals surface area contributed by atoms with Gasteiger partial charge in [-0.15, -0.1) is 0 Å². The number of carbonyl (C=O) groups is 1. The number of aromatic nitrogens is 2. The molecule has 0 aromatic carbocycles. The molecule has 0 unspecified atom stereocenters. The molecule has 0 saturated heterocycles. The molecule has 0 bridgehead atoms. The number of aryl methyl sites for hydroxylation is 1. The van der Waals surface area contributed by atoms with Gasteiger partial charge < -0.3 is 9.67 Å². The molecular formula is C10H10N2O2. The first-order valence-electron chi connectivity index (χ1n) is 4.29. The van der Waals surface area contributed by atoms with Crippen LogP contribution in [-0.2, 0) is 18.3 Å². The van der Waals surface area contributed by atoms with Gasteiger partial charge in [0.25, 0.3) is 0 Å². The molecule has 0 atom stereocenters. The first kappa shape index (κ1) is 8.74. The number of pyridine rings is 1. The Morgan fingerprint density at radius 2 is 2.43 bits per heavy atom. The summed E-state index contributed by atoms with van der Waals surface area (Å²) >= 11 is 0. The first-order chi connectivity index (χ1) is 6.68. The van der Waals surface area contributed by atoms with Gasteiger partial charge in [0.2, 0.25) is 0 Å². The van der Waals surface area contributed by atoms with E-state index in [1.165, 1.54) is 0 Å². The Morgan fingerprint density at radius 3 is 3.14 bits per heavy atom. The zero-order valence-corrected chi connectivity index (χ0v) is 7.77. The lowest BCUT2D eigenvalue weighted by molar-refractivity contribution is -0.136. The van der Waals surface area contributed by atoms with Crippen molar-refractivity contribution >= 4 is 5.97 Å². The highest BCUT2D eigenvalue weighted by Crippen LogP contribution is 2.24. The van der Waals surface area contributed by atoms with Crippen LogP contribution in [-0.4, -0.2) is 20.6 Å². The van der Waals surface area contributed by atoms with Crippen LogP contribution in [0.5, 0.6) is 0 Å². The van der Waals surface area contributed by atoms with E-state index in [9.17, 15) is 4.79 Å². The number of hydrogen-bond donors (Lipinski definition) is 1. The normalized spacial score (nSPS) is 10.6.